The molecule has 1 atom stereocenters. The Hall–Kier alpha value is -2.89. The number of rotatable bonds is 3. The van der Waals surface area contributed by atoms with Crippen LogP contribution >= 0.6 is 0 Å². The number of carbonyl (C=O) groups is 1. The van der Waals surface area contributed by atoms with Crippen LogP contribution in [0.5, 0.6) is 0 Å². The summed E-state index contributed by atoms with van der Waals surface area (Å²) in [6.45, 7) is 7.73. The molecule has 1 aliphatic heterocycles. The number of benzene rings is 1. The van der Waals surface area contributed by atoms with E-state index in [-0.39, 0.29) is 11.3 Å². The number of likely N-dealkylation sites (tertiary alicyclic amines) is 1. The van der Waals surface area contributed by atoms with Gasteiger partial charge in [0.1, 0.15) is 5.69 Å². The molecule has 1 fully saturated rings. The van der Waals surface area contributed by atoms with Gasteiger partial charge in [-0.25, -0.2) is 0 Å². The van der Waals surface area contributed by atoms with Crippen molar-refractivity contribution in [1.82, 2.24) is 24.9 Å². The lowest BCUT2D eigenvalue weighted by Gasteiger charge is -2.40. The maximum Gasteiger partial charge on any atom is 0.271 e. The van der Waals surface area contributed by atoms with Gasteiger partial charge in [0.2, 0.25) is 0 Å². The highest BCUT2D eigenvalue weighted by atomic mass is 16.2. The second kappa shape index (κ2) is 6.93. The Kier molecular flexibility index (Phi) is 4.57. The largest absolute Gasteiger partial charge is 0.336 e. The first kappa shape index (κ1) is 18.5. The number of aryl methyl sites for hydroxylation is 2. The quantitative estimate of drug-likeness (QED) is 0.758. The highest BCUT2D eigenvalue weighted by Gasteiger charge is 2.35. The molecule has 6 heteroatoms. The Balaban J connectivity index is 1.58. The van der Waals surface area contributed by atoms with E-state index in [1.807, 2.05) is 42.6 Å². The summed E-state index contributed by atoms with van der Waals surface area (Å²) in [5.41, 5.74) is 5.53. The summed E-state index contributed by atoms with van der Waals surface area (Å²) in [4.78, 5) is 15.1. The number of amides is 1. The number of carbonyl (C=O) groups excluding carboxylic acids is 1. The summed E-state index contributed by atoms with van der Waals surface area (Å²) < 4.78 is 1.84. The van der Waals surface area contributed by atoms with Crippen molar-refractivity contribution in [3.63, 3.8) is 0 Å². The average Bonchev–Trinajstić information content (AvgIpc) is 3.26. The van der Waals surface area contributed by atoms with E-state index in [4.69, 9.17) is 0 Å². The summed E-state index contributed by atoms with van der Waals surface area (Å²) in [6, 6.07) is 12.4. The maximum atomic E-state index is 13.2. The van der Waals surface area contributed by atoms with Gasteiger partial charge in [-0.2, -0.15) is 10.2 Å². The first-order chi connectivity index (χ1) is 13.4. The molecule has 1 aliphatic rings. The second-order valence-corrected chi connectivity index (χ2v) is 8.09. The van der Waals surface area contributed by atoms with Crippen LogP contribution in [0.3, 0.4) is 0 Å². The minimum absolute atomic E-state index is 0.0137. The van der Waals surface area contributed by atoms with Crippen molar-refractivity contribution in [2.24, 2.45) is 7.05 Å². The van der Waals surface area contributed by atoms with Gasteiger partial charge in [-0.05, 0) is 38.3 Å². The van der Waals surface area contributed by atoms with Gasteiger partial charge >= 0.3 is 0 Å². The fraction of sp³-hybridized carbons (Fsp3) is 0.409. The van der Waals surface area contributed by atoms with Crippen LogP contribution in [0.1, 0.15) is 47.2 Å². The Bertz CT molecular complexity index is 1000. The van der Waals surface area contributed by atoms with E-state index >= 15 is 0 Å². The van der Waals surface area contributed by atoms with E-state index in [1.165, 1.54) is 5.56 Å². The molecular formula is C22H27N5O. The predicted molar refractivity (Wildman–Crippen MR) is 109 cm³/mol. The third kappa shape index (κ3) is 3.13. The third-order valence-electron chi connectivity index (χ3n) is 6.03. The summed E-state index contributed by atoms with van der Waals surface area (Å²) in [5.74, 6) is 0.0137. The molecule has 1 aromatic carbocycles. The molecule has 0 aliphatic carbocycles. The molecule has 6 nitrogen and oxygen atoms in total. The number of piperidine rings is 1. The second-order valence-electron chi connectivity index (χ2n) is 8.09. The number of nitrogens with one attached hydrogen (secondary N) is 1. The van der Waals surface area contributed by atoms with Gasteiger partial charge in [0.15, 0.2) is 0 Å². The minimum atomic E-state index is -0.0193. The molecule has 146 valence electrons. The van der Waals surface area contributed by atoms with Crippen LogP contribution in [-0.2, 0) is 12.5 Å². The lowest BCUT2D eigenvalue weighted by molar-refractivity contribution is 0.0645. The highest BCUT2D eigenvalue weighted by molar-refractivity contribution is 5.93. The molecule has 28 heavy (non-hydrogen) atoms. The van der Waals surface area contributed by atoms with Gasteiger partial charge in [-0.1, -0.05) is 37.3 Å². The van der Waals surface area contributed by atoms with E-state index in [0.29, 0.717) is 5.69 Å². The molecule has 0 bridgehead atoms. The van der Waals surface area contributed by atoms with E-state index < -0.39 is 0 Å². The van der Waals surface area contributed by atoms with E-state index in [1.54, 1.807) is 0 Å². The van der Waals surface area contributed by atoms with Crippen LogP contribution in [-0.4, -0.2) is 43.9 Å². The molecule has 3 heterocycles. The minimum Gasteiger partial charge on any atom is -0.336 e. The topological polar surface area (TPSA) is 66.8 Å². The van der Waals surface area contributed by atoms with Crippen LogP contribution in [0.15, 0.2) is 36.4 Å². The Labute approximate surface area is 165 Å². The summed E-state index contributed by atoms with van der Waals surface area (Å²) in [5, 5.41) is 11.8. The molecule has 1 N–H and O–H groups in total. The van der Waals surface area contributed by atoms with Gasteiger partial charge in [0.25, 0.3) is 5.91 Å². The molecule has 0 spiro atoms. The SMILES string of the molecule is Cc1nn(C)c(C)c1-c1cc(C(=O)N2CCCC(C)(c3ccccc3)C2)[nH]n1. The van der Waals surface area contributed by atoms with Crippen LogP contribution in [0.4, 0.5) is 0 Å². The fourth-order valence-corrected chi connectivity index (χ4v) is 4.36. The van der Waals surface area contributed by atoms with Gasteiger partial charge in [0, 0.05) is 36.8 Å². The van der Waals surface area contributed by atoms with E-state index in [0.717, 1.165) is 48.6 Å². The number of hydrogen-bond donors (Lipinski definition) is 1. The van der Waals surface area contributed by atoms with Crippen molar-refractivity contribution in [2.75, 3.05) is 13.1 Å². The van der Waals surface area contributed by atoms with Crippen LogP contribution in [0, 0.1) is 13.8 Å². The first-order valence-electron chi connectivity index (χ1n) is 9.80. The fourth-order valence-electron chi connectivity index (χ4n) is 4.36. The van der Waals surface area contributed by atoms with E-state index in [9.17, 15) is 4.79 Å². The zero-order valence-corrected chi connectivity index (χ0v) is 17.0. The molecule has 1 unspecified atom stereocenters. The third-order valence-corrected chi connectivity index (χ3v) is 6.03. The van der Waals surface area contributed by atoms with Crippen LogP contribution in [0.2, 0.25) is 0 Å². The number of aromatic nitrogens is 4. The zero-order valence-electron chi connectivity index (χ0n) is 17.0. The van der Waals surface area contributed by atoms with Gasteiger partial charge < -0.3 is 4.90 Å². The number of hydrogen-bond acceptors (Lipinski definition) is 3. The Morgan fingerprint density at radius 3 is 2.64 bits per heavy atom. The number of aromatic amines is 1. The Morgan fingerprint density at radius 2 is 1.96 bits per heavy atom. The summed E-state index contributed by atoms with van der Waals surface area (Å²) in [7, 11) is 1.92. The Morgan fingerprint density at radius 1 is 1.21 bits per heavy atom. The average molecular weight is 377 g/mol. The van der Waals surface area contributed by atoms with Crippen molar-refractivity contribution < 1.29 is 4.79 Å². The van der Waals surface area contributed by atoms with Crippen LogP contribution < -0.4 is 0 Å². The molecule has 4 rings (SSSR count). The summed E-state index contributed by atoms with van der Waals surface area (Å²) >= 11 is 0. The van der Waals surface area contributed by atoms with Crippen molar-refractivity contribution in [2.45, 2.75) is 39.0 Å². The standard InChI is InChI=1S/C22H27N5O/c1-15-20(16(2)26(4)25-15)18-13-19(24-23-18)21(28)27-12-8-11-22(3,14-27)17-9-6-5-7-10-17/h5-7,9-10,13H,8,11-12,14H2,1-4H3,(H,23,24). The van der Waals surface area contributed by atoms with Crippen molar-refractivity contribution in [3.05, 3.63) is 59.0 Å². The van der Waals surface area contributed by atoms with Crippen LogP contribution in [0.25, 0.3) is 11.3 Å². The van der Waals surface area contributed by atoms with Crippen molar-refractivity contribution in [1.29, 1.82) is 0 Å². The summed E-state index contributed by atoms with van der Waals surface area (Å²) in [6.07, 6.45) is 2.09. The highest BCUT2D eigenvalue weighted by Crippen LogP contribution is 2.34. The maximum absolute atomic E-state index is 13.2. The van der Waals surface area contributed by atoms with Gasteiger partial charge in [-0.15, -0.1) is 0 Å². The van der Waals surface area contributed by atoms with Gasteiger partial charge in [0.05, 0.1) is 11.4 Å². The predicted octanol–water partition coefficient (Wildman–Crippen LogP) is 3.62. The monoisotopic (exact) mass is 377 g/mol. The molecule has 1 saturated heterocycles. The van der Waals surface area contributed by atoms with Gasteiger partial charge in [-0.3, -0.25) is 14.6 Å². The lowest BCUT2D eigenvalue weighted by atomic mass is 9.76. The molecule has 2 aromatic heterocycles. The number of H-pyrrole nitrogens is 1. The normalized spacial score (nSPS) is 19.8. The lowest BCUT2D eigenvalue weighted by Crippen LogP contribution is -2.47. The smallest absolute Gasteiger partial charge is 0.271 e. The van der Waals surface area contributed by atoms with E-state index in [2.05, 4.69) is 46.5 Å². The molecule has 0 saturated carbocycles. The molecule has 1 amide bonds. The van der Waals surface area contributed by atoms with Crippen molar-refractivity contribution >= 4 is 5.91 Å². The number of nitrogens with zero attached hydrogens (tertiary/aromatic N) is 4. The molecule has 0 radical (unpaired) electrons. The zero-order chi connectivity index (χ0) is 19.9. The first-order valence-corrected chi connectivity index (χ1v) is 9.80. The molecular weight excluding hydrogens is 350 g/mol. The molecule has 3 aromatic rings. The van der Waals surface area contributed by atoms with Crippen molar-refractivity contribution in [3.8, 4) is 11.3 Å².